The van der Waals surface area contributed by atoms with Gasteiger partial charge in [-0.1, -0.05) is 5.92 Å². The lowest BCUT2D eigenvalue weighted by atomic mass is 9.99. The first-order chi connectivity index (χ1) is 12.3. The van der Waals surface area contributed by atoms with Crippen LogP contribution in [-0.4, -0.2) is 61.7 Å². The number of carboxylic acids is 1. The van der Waals surface area contributed by atoms with E-state index < -0.39 is 42.6 Å². The van der Waals surface area contributed by atoms with Crippen LogP contribution in [0.3, 0.4) is 0 Å². The summed E-state index contributed by atoms with van der Waals surface area (Å²) in [5.74, 6) is 22.3. The van der Waals surface area contributed by atoms with E-state index in [1.807, 2.05) is 0 Å². The van der Waals surface area contributed by atoms with Gasteiger partial charge >= 0.3 is 5.97 Å². The largest absolute Gasteiger partial charge is 0.479 e. The average Bonchev–Trinajstić information content (AvgIpc) is 2.63. The van der Waals surface area contributed by atoms with Crippen LogP contribution < -0.4 is 0 Å². The summed E-state index contributed by atoms with van der Waals surface area (Å²) in [4.78, 5) is 22.0. The van der Waals surface area contributed by atoms with Crippen molar-refractivity contribution in [3.05, 3.63) is 0 Å². The second kappa shape index (κ2) is 12.7. The minimum Gasteiger partial charge on any atom is -0.479 e. The second-order valence-corrected chi connectivity index (χ2v) is 4.30. The molecular formula is C19H12O7. The third kappa shape index (κ3) is 8.84. The number of hydrogen-bond acceptors (Lipinski definition) is 6. The molecule has 5 N–H and O–H groups in total. The highest BCUT2D eigenvalue weighted by molar-refractivity contribution is 5.86. The van der Waals surface area contributed by atoms with Crippen molar-refractivity contribution in [2.45, 2.75) is 30.8 Å². The Morgan fingerprint density at radius 2 is 1.15 bits per heavy atom. The number of aliphatic hydroxyl groups is 4. The zero-order valence-electron chi connectivity index (χ0n) is 13.1. The van der Waals surface area contributed by atoms with Crippen LogP contribution in [0.4, 0.5) is 0 Å². The first-order valence-electron chi connectivity index (χ1n) is 6.74. The number of terminal acetylenes is 1. The highest BCUT2D eigenvalue weighted by Crippen LogP contribution is 2.07. The average molecular weight is 352 g/mol. The molecule has 0 unspecified atom stereocenters. The number of rotatable bonds is 6. The zero-order valence-corrected chi connectivity index (χ0v) is 13.1. The highest BCUT2D eigenvalue weighted by atomic mass is 16.4. The van der Waals surface area contributed by atoms with Crippen LogP contribution in [0.25, 0.3) is 0 Å². The molecule has 0 aliphatic carbocycles. The Kier molecular flexibility index (Phi) is 10.9. The first-order valence-corrected chi connectivity index (χ1v) is 6.74. The number of hydrogen-bond donors (Lipinski definition) is 5. The fourth-order valence-electron chi connectivity index (χ4n) is 1.24. The topological polar surface area (TPSA) is 135 Å². The Morgan fingerprint density at radius 1 is 0.731 bits per heavy atom. The smallest absolute Gasteiger partial charge is 0.335 e. The van der Waals surface area contributed by atoms with Crippen molar-refractivity contribution in [2.24, 2.45) is 0 Å². The Labute approximate surface area is 150 Å². The second-order valence-electron chi connectivity index (χ2n) is 4.30. The summed E-state index contributed by atoms with van der Waals surface area (Å²) < 4.78 is 0. The van der Waals surface area contributed by atoms with Gasteiger partial charge < -0.3 is 25.5 Å². The van der Waals surface area contributed by atoms with Gasteiger partial charge in [-0.05, 0) is 59.2 Å². The fraction of sp³-hybridized carbons (Fsp3) is 0.263. The maximum atomic E-state index is 11.6. The number of carboxylic acid groups (broad SMARTS) is 1. The molecule has 0 radical (unpaired) electrons. The van der Waals surface area contributed by atoms with Crippen molar-refractivity contribution in [3.8, 4) is 71.5 Å². The molecule has 0 bridgehead atoms. The van der Waals surface area contributed by atoms with E-state index in [1.165, 1.54) is 0 Å². The van der Waals surface area contributed by atoms with E-state index >= 15 is 0 Å². The van der Waals surface area contributed by atoms with E-state index in [0.717, 1.165) is 0 Å². The monoisotopic (exact) mass is 352 g/mol. The minimum atomic E-state index is -2.36. The quantitative estimate of drug-likeness (QED) is 0.324. The minimum absolute atomic E-state index is 0.530. The molecule has 0 fully saturated rings. The maximum absolute atomic E-state index is 11.6. The van der Waals surface area contributed by atoms with Gasteiger partial charge in [0, 0.05) is 0 Å². The van der Waals surface area contributed by atoms with Crippen LogP contribution in [0.5, 0.6) is 0 Å². The summed E-state index contributed by atoms with van der Waals surface area (Å²) in [7, 11) is 0. The standard InChI is InChI=1S/C19H12O7/c1-2-3-4-5-6-7-8-9-10-11-12-13-14(20)15(21)16(22)17(23)18(24)19(25)26/h1,15-18,21-24H,13H2,(H,25,26)/t15-,16+,17-,18-/m1/s1. The van der Waals surface area contributed by atoms with Crippen LogP contribution >= 0.6 is 0 Å². The predicted octanol–water partition coefficient (Wildman–Crippen LogP) is -2.88. The molecule has 0 heterocycles. The van der Waals surface area contributed by atoms with Crippen molar-refractivity contribution in [1.29, 1.82) is 0 Å². The molecule has 7 nitrogen and oxygen atoms in total. The van der Waals surface area contributed by atoms with Gasteiger partial charge in [-0.25, -0.2) is 4.79 Å². The lowest BCUT2D eigenvalue weighted by Gasteiger charge is -2.23. The summed E-state index contributed by atoms with van der Waals surface area (Å²) in [5, 5.41) is 45.9. The van der Waals surface area contributed by atoms with E-state index in [9.17, 15) is 24.9 Å². The summed E-state index contributed by atoms with van der Waals surface area (Å²) in [6.45, 7) is 0. The summed E-state index contributed by atoms with van der Waals surface area (Å²) in [6, 6.07) is 0. The Morgan fingerprint density at radius 3 is 1.62 bits per heavy atom. The normalized spacial score (nSPS) is 12.6. The van der Waals surface area contributed by atoms with Crippen LogP contribution in [0, 0.1) is 71.5 Å². The van der Waals surface area contributed by atoms with Crippen molar-refractivity contribution >= 4 is 11.8 Å². The van der Waals surface area contributed by atoms with Crippen molar-refractivity contribution in [1.82, 2.24) is 0 Å². The molecule has 0 amide bonds. The lowest BCUT2D eigenvalue weighted by Crippen LogP contribution is -2.49. The Balaban J connectivity index is 4.61. The van der Waals surface area contributed by atoms with E-state index in [-0.39, 0.29) is 0 Å². The third-order valence-corrected chi connectivity index (χ3v) is 2.50. The number of carbonyl (C=O) groups is 2. The van der Waals surface area contributed by atoms with Gasteiger partial charge in [0.15, 0.2) is 11.9 Å². The number of aliphatic carboxylic acids is 1. The van der Waals surface area contributed by atoms with Crippen LogP contribution in [0.15, 0.2) is 0 Å². The van der Waals surface area contributed by atoms with Gasteiger partial charge in [-0.3, -0.25) is 4.79 Å². The molecule has 26 heavy (non-hydrogen) atoms. The molecule has 7 heteroatoms. The maximum Gasteiger partial charge on any atom is 0.335 e. The van der Waals surface area contributed by atoms with Gasteiger partial charge in [-0.2, -0.15) is 0 Å². The predicted molar refractivity (Wildman–Crippen MR) is 89.0 cm³/mol. The summed E-state index contributed by atoms with van der Waals surface area (Å²) in [5.41, 5.74) is 0. The number of ketones is 1. The SMILES string of the molecule is C#CC#CC#CC#CC#CC#CCC(=O)[C@@H](O)[C@H](O)[C@@H](O)[C@@H](O)C(=O)O. The molecule has 4 atom stereocenters. The molecule has 0 aromatic carbocycles. The first kappa shape index (κ1) is 22.3. The fourth-order valence-corrected chi connectivity index (χ4v) is 1.24. The Hall–Kier alpha value is -3.66. The van der Waals surface area contributed by atoms with Crippen molar-refractivity contribution in [3.63, 3.8) is 0 Å². The van der Waals surface area contributed by atoms with Gasteiger partial charge in [0.1, 0.15) is 18.3 Å². The molecule has 130 valence electrons. The van der Waals surface area contributed by atoms with Gasteiger partial charge in [0.25, 0.3) is 0 Å². The molecule has 0 saturated heterocycles. The number of aliphatic hydroxyl groups excluding tert-OH is 4. The molecular weight excluding hydrogens is 340 g/mol. The van der Waals surface area contributed by atoms with Crippen molar-refractivity contribution in [2.75, 3.05) is 0 Å². The Bertz CT molecular complexity index is 883. The molecule has 0 aromatic heterocycles. The van der Waals surface area contributed by atoms with Gasteiger partial charge in [0.05, 0.1) is 6.42 Å². The van der Waals surface area contributed by atoms with Crippen molar-refractivity contribution < 1.29 is 35.1 Å². The van der Waals surface area contributed by atoms with E-state index in [1.54, 1.807) is 0 Å². The molecule has 0 aliphatic heterocycles. The summed E-state index contributed by atoms with van der Waals surface area (Å²) >= 11 is 0. The molecule has 0 aromatic rings. The number of carbonyl (C=O) groups excluding carboxylic acids is 1. The lowest BCUT2D eigenvalue weighted by molar-refractivity contribution is -0.165. The van der Waals surface area contributed by atoms with Gasteiger partial charge in [0.2, 0.25) is 0 Å². The van der Waals surface area contributed by atoms with Gasteiger partial charge in [-0.15, -0.1) is 6.42 Å². The van der Waals surface area contributed by atoms with E-state index in [4.69, 9.17) is 16.6 Å². The molecule has 0 spiro atoms. The van der Waals surface area contributed by atoms with E-state index in [0.29, 0.717) is 0 Å². The summed E-state index contributed by atoms with van der Waals surface area (Å²) in [6.07, 6.45) is -4.58. The third-order valence-electron chi connectivity index (χ3n) is 2.50. The van der Waals surface area contributed by atoms with E-state index in [2.05, 4.69) is 65.1 Å². The molecule has 0 rings (SSSR count). The molecule has 0 aliphatic rings. The van der Waals surface area contributed by atoms with Crippen LogP contribution in [-0.2, 0) is 9.59 Å². The highest BCUT2D eigenvalue weighted by Gasteiger charge is 2.36. The number of Topliss-reactive ketones (excluding diaryl/α,β-unsaturated/α-hetero) is 1. The van der Waals surface area contributed by atoms with Crippen LogP contribution in [0.1, 0.15) is 6.42 Å². The van der Waals surface area contributed by atoms with Crippen LogP contribution in [0.2, 0.25) is 0 Å². The molecule has 0 saturated carbocycles. The zero-order chi connectivity index (χ0) is 19.9.